The van der Waals surface area contributed by atoms with E-state index in [0.717, 1.165) is 6.07 Å². The highest BCUT2D eigenvalue weighted by Crippen LogP contribution is 2.14. The molecule has 0 heterocycles. The first-order valence-electron chi connectivity index (χ1n) is 3.73. The number of hydrogen-bond acceptors (Lipinski definition) is 2. The molecule has 0 spiro atoms. The van der Waals surface area contributed by atoms with Crippen LogP contribution in [-0.4, -0.2) is 12.0 Å². The molecule has 0 aliphatic heterocycles. The molecule has 0 fully saturated rings. The van der Waals surface area contributed by atoms with Crippen molar-refractivity contribution in [3.63, 3.8) is 0 Å². The Morgan fingerprint density at radius 1 is 1.43 bits per heavy atom. The average Bonchev–Trinajstić information content (AvgIpc) is 2.18. The van der Waals surface area contributed by atoms with Crippen molar-refractivity contribution in [3.8, 4) is 11.8 Å². The second-order valence-corrected chi connectivity index (χ2v) is 2.72. The third-order valence-corrected chi connectivity index (χ3v) is 1.70. The van der Waals surface area contributed by atoms with Crippen LogP contribution in [0.3, 0.4) is 0 Å². The molecule has 0 N–H and O–H groups in total. The maximum atomic E-state index is 13.3. The average molecular weight is 212 g/mol. The fraction of sp³-hybridized carbons (Fsp3) is 0.100. The highest BCUT2D eigenvalue weighted by atomic mass is 32.1. The van der Waals surface area contributed by atoms with E-state index in [9.17, 15) is 13.6 Å². The van der Waals surface area contributed by atoms with Crippen molar-refractivity contribution in [2.75, 3.05) is 5.75 Å². The maximum absolute atomic E-state index is 13.3. The predicted molar refractivity (Wildman–Crippen MR) is 52.5 cm³/mol. The summed E-state index contributed by atoms with van der Waals surface area (Å²) in [5.41, 5.74) is -0.585. The van der Waals surface area contributed by atoms with Crippen molar-refractivity contribution in [1.29, 1.82) is 0 Å². The van der Waals surface area contributed by atoms with Crippen molar-refractivity contribution in [2.24, 2.45) is 0 Å². The smallest absolute Gasteiger partial charge is 0.156 e. The summed E-state index contributed by atoms with van der Waals surface area (Å²) in [6.45, 7) is 0. The van der Waals surface area contributed by atoms with Gasteiger partial charge >= 0.3 is 0 Å². The Kier molecular flexibility index (Phi) is 3.66. The Morgan fingerprint density at radius 2 is 2.14 bits per heavy atom. The monoisotopic (exact) mass is 212 g/mol. The number of carbonyl (C=O) groups excluding carboxylic acids is 1. The van der Waals surface area contributed by atoms with E-state index >= 15 is 0 Å². The van der Waals surface area contributed by atoms with Gasteiger partial charge in [0.1, 0.15) is 5.82 Å². The highest BCUT2D eigenvalue weighted by molar-refractivity contribution is 7.80. The number of rotatable bonds is 1. The minimum Gasteiger partial charge on any atom is -0.298 e. The summed E-state index contributed by atoms with van der Waals surface area (Å²) in [4.78, 5) is 10.3. The quantitative estimate of drug-likeness (QED) is 0.428. The normalized spacial score (nSPS) is 9.07. The summed E-state index contributed by atoms with van der Waals surface area (Å²) >= 11 is 3.81. The van der Waals surface area contributed by atoms with Crippen LogP contribution in [0.2, 0.25) is 0 Å². The first-order valence-corrected chi connectivity index (χ1v) is 4.37. The Balaban J connectivity index is 3.28. The molecule has 1 nitrogen and oxygen atoms in total. The lowest BCUT2D eigenvalue weighted by Crippen LogP contribution is -1.96. The van der Waals surface area contributed by atoms with E-state index in [1.807, 2.05) is 0 Å². The van der Waals surface area contributed by atoms with E-state index in [1.54, 1.807) is 0 Å². The molecular formula is C10H6F2OS. The molecule has 0 saturated heterocycles. The van der Waals surface area contributed by atoms with Gasteiger partial charge < -0.3 is 0 Å². The van der Waals surface area contributed by atoms with Crippen LogP contribution in [0.25, 0.3) is 0 Å². The topological polar surface area (TPSA) is 17.1 Å². The molecule has 14 heavy (non-hydrogen) atoms. The van der Waals surface area contributed by atoms with Crippen LogP contribution >= 0.6 is 12.6 Å². The number of carbonyl (C=O) groups is 1. The standard InChI is InChI=1S/C10H6F2OS/c11-9-4-3-7(2-1-5-14)10(12)8(9)6-13/h3-4,6,14H,5H2. The Labute approximate surface area is 85.5 Å². The largest absolute Gasteiger partial charge is 0.298 e. The molecule has 0 aromatic heterocycles. The van der Waals surface area contributed by atoms with Crippen LogP contribution in [0.15, 0.2) is 12.1 Å². The molecule has 1 rings (SSSR count). The number of aldehydes is 1. The molecule has 0 atom stereocenters. The Hall–Kier alpha value is -1.34. The lowest BCUT2D eigenvalue weighted by molar-refractivity contribution is 0.111. The molecule has 0 aliphatic carbocycles. The number of hydrogen-bond donors (Lipinski definition) is 1. The maximum Gasteiger partial charge on any atom is 0.156 e. The van der Waals surface area contributed by atoms with Crippen LogP contribution in [0.1, 0.15) is 15.9 Å². The molecule has 72 valence electrons. The van der Waals surface area contributed by atoms with E-state index in [2.05, 4.69) is 24.5 Å². The Bertz CT molecular complexity index is 418. The van der Waals surface area contributed by atoms with Gasteiger partial charge in [0.25, 0.3) is 0 Å². The van der Waals surface area contributed by atoms with Crippen molar-refractivity contribution >= 4 is 18.9 Å². The minimum atomic E-state index is -0.922. The summed E-state index contributed by atoms with van der Waals surface area (Å²) < 4.78 is 26.1. The minimum absolute atomic E-state index is 0.00236. The summed E-state index contributed by atoms with van der Waals surface area (Å²) in [5, 5.41) is 0. The third-order valence-electron chi connectivity index (χ3n) is 1.55. The summed E-state index contributed by atoms with van der Waals surface area (Å²) in [7, 11) is 0. The molecule has 0 radical (unpaired) electrons. The third kappa shape index (κ3) is 2.12. The molecule has 1 aromatic rings. The van der Waals surface area contributed by atoms with Crippen LogP contribution < -0.4 is 0 Å². The highest BCUT2D eigenvalue weighted by Gasteiger charge is 2.10. The van der Waals surface area contributed by atoms with Gasteiger partial charge in [-0.2, -0.15) is 12.6 Å². The van der Waals surface area contributed by atoms with E-state index in [-0.39, 0.29) is 17.6 Å². The molecule has 0 saturated carbocycles. The molecule has 1 aromatic carbocycles. The summed E-state index contributed by atoms with van der Waals surface area (Å²) in [5.74, 6) is 3.42. The molecule has 0 bridgehead atoms. The van der Waals surface area contributed by atoms with Gasteiger partial charge in [-0.1, -0.05) is 11.8 Å². The van der Waals surface area contributed by atoms with E-state index in [0.29, 0.717) is 0 Å². The summed E-state index contributed by atoms with van der Waals surface area (Å²) in [6, 6.07) is 2.20. The van der Waals surface area contributed by atoms with Crippen molar-refractivity contribution in [2.45, 2.75) is 0 Å². The SMILES string of the molecule is O=Cc1c(F)ccc(C#CCS)c1F. The molecule has 0 aliphatic rings. The van der Waals surface area contributed by atoms with Gasteiger partial charge in [0, 0.05) is 0 Å². The lowest BCUT2D eigenvalue weighted by Gasteiger charge is -1.98. The molecule has 0 amide bonds. The first kappa shape index (κ1) is 10.7. The molecule has 4 heteroatoms. The fourth-order valence-electron chi connectivity index (χ4n) is 0.909. The second-order valence-electron chi connectivity index (χ2n) is 2.40. The zero-order valence-corrected chi connectivity index (χ0v) is 7.94. The van der Waals surface area contributed by atoms with Crippen molar-refractivity contribution < 1.29 is 13.6 Å². The van der Waals surface area contributed by atoms with Gasteiger partial charge in [-0.3, -0.25) is 4.79 Å². The fourth-order valence-corrected chi connectivity index (χ4v) is 0.988. The van der Waals surface area contributed by atoms with E-state index in [4.69, 9.17) is 0 Å². The summed E-state index contributed by atoms with van der Waals surface area (Å²) in [6.07, 6.45) is 0.135. The van der Waals surface area contributed by atoms with Crippen LogP contribution in [0, 0.1) is 23.5 Å². The number of benzene rings is 1. The van der Waals surface area contributed by atoms with Gasteiger partial charge in [-0.05, 0) is 12.1 Å². The van der Waals surface area contributed by atoms with Crippen molar-refractivity contribution in [1.82, 2.24) is 0 Å². The zero-order valence-electron chi connectivity index (χ0n) is 7.05. The van der Waals surface area contributed by atoms with E-state index < -0.39 is 17.2 Å². The predicted octanol–water partition coefficient (Wildman–Crippen LogP) is 2.06. The zero-order chi connectivity index (χ0) is 10.6. The van der Waals surface area contributed by atoms with Gasteiger partial charge in [-0.25, -0.2) is 8.78 Å². The van der Waals surface area contributed by atoms with Gasteiger partial charge in [0.15, 0.2) is 12.1 Å². The van der Waals surface area contributed by atoms with Gasteiger partial charge in [0.05, 0.1) is 16.9 Å². The first-order chi connectivity index (χ1) is 6.70. The van der Waals surface area contributed by atoms with Crippen LogP contribution in [0.5, 0.6) is 0 Å². The van der Waals surface area contributed by atoms with Gasteiger partial charge in [-0.15, -0.1) is 0 Å². The number of halogens is 2. The molecular weight excluding hydrogens is 206 g/mol. The lowest BCUT2D eigenvalue weighted by atomic mass is 10.1. The van der Waals surface area contributed by atoms with Gasteiger partial charge in [0.2, 0.25) is 0 Å². The molecule has 0 unspecified atom stereocenters. The van der Waals surface area contributed by atoms with Crippen LogP contribution in [0.4, 0.5) is 8.78 Å². The van der Waals surface area contributed by atoms with Crippen molar-refractivity contribution in [3.05, 3.63) is 34.9 Å². The van der Waals surface area contributed by atoms with E-state index in [1.165, 1.54) is 6.07 Å². The van der Waals surface area contributed by atoms with Crippen LogP contribution in [-0.2, 0) is 0 Å². The number of thiol groups is 1. The Morgan fingerprint density at radius 3 is 2.71 bits per heavy atom. The second kappa shape index (κ2) is 4.77.